The van der Waals surface area contributed by atoms with Crippen LogP contribution in [0, 0.1) is 5.41 Å². The van der Waals surface area contributed by atoms with Gasteiger partial charge in [0.25, 0.3) is 11.8 Å². The third-order valence-corrected chi connectivity index (χ3v) is 13.0. The average Bonchev–Trinajstić information content (AvgIpc) is 3.64. The third kappa shape index (κ3) is 8.76. The summed E-state index contributed by atoms with van der Waals surface area (Å²) in [4.78, 5) is 62.9. The monoisotopic (exact) mass is 915 g/mol. The number of rotatable bonds is 16. The molecule has 4 aromatic rings. The summed E-state index contributed by atoms with van der Waals surface area (Å²) in [6, 6.07) is 13.1. The van der Waals surface area contributed by atoms with Crippen LogP contribution in [0.25, 0.3) is 11.3 Å². The van der Waals surface area contributed by atoms with Crippen LogP contribution in [0.15, 0.2) is 92.4 Å². The summed E-state index contributed by atoms with van der Waals surface area (Å²) < 4.78 is 34.8. The minimum Gasteiger partial charge on any atom is -0.493 e. The predicted molar refractivity (Wildman–Crippen MR) is 245 cm³/mol. The van der Waals surface area contributed by atoms with Gasteiger partial charge in [-0.05, 0) is 85.8 Å². The van der Waals surface area contributed by atoms with Gasteiger partial charge in [-0.2, -0.15) is 15.0 Å². The fourth-order valence-corrected chi connectivity index (χ4v) is 9.39. The molecule has 0 bridgehead atoms. The summed E-state index contributed by atoms with van der Waals surface area (Å²) >= 11 is 0. The van der Waals surface area contributed by atoms with Crippen LogP contribution in [0.5, 0.6) is 23.0 Å². The van der Waals surface area contributed by atoms with Crippen LogP contribution in [0.2, 0.25) is 0 Å². The van der Waals surface area contributed by atoms with Crippen molar-refractivity contribution < 1.29 is 52.7 Å². The molecular weight excluding hydrogens is 863 g/mol. The number of amides is 4. The van der Waals surface area contributed by atoms with E-state index >= 15 is 0 Å². The minimum absolute atomic E-state index is 0.0118. The molecule has 350 valence electrons. The van der Waals surface area contributed by atoms with Crippen molar-refractivity contribution in [2.45, 2.75) is 63.3 Å². The van der Waals surface area contributed by atoms with Crippen LogP contribution in [-0.4, -0.2) is 126 Å². The number of aromatic nitrogens is 3. The Labute approximate surface area is 387 Å². The molecule has 4 aliphatic heterocycles. The van der Waals surface area contributed by atoms with Crippen molar-refractivity contribution in [3.8, 4) is 28.7 Å². The molecule has 18 nitrogen and oxygen atoms in total. The van der Waals surface area contributed by atoms with E-state index in [0.717, 1.165) is 34.6 Å². The molecule has 9 rings (SSSR count). The van der Waals surface area contributed by atoms with Gasteiger partial charge in [-0.3, -0.25) is 14.5 Å². The lowest BCUT2D eigenvalue weighted by atomic mass is 10.0. The number of nitrogens with zero attached hydrogens (tertiary/aromatic N) is 7. The zero-order chi connectivity index (χ0) is 46.8. The predicted octanol–water partition coefficient (Wildman–Crippen LogP) is 6.77. The van der Waals surface area contributed by atoms with E-state index in [0.29, 0.717) is 67.3 Å². The maximum Gasteiger partial charge on any atom is 0.416 e. The van der Waals surface area contributed by atoms with Crippen molar-refractivity contribution >= 4 is 40.9 Å². The highest BCUT2D eigenvalue weighted by molar-refractivity contribution is 6.07. The van der Waals surface area contributed by atoms with Crippen LogP contribution in [-0.2, 0) is 9.47 Å². The van der Waals surface area contributed by atoms with Gasteiger partial charge in [-0.1, -0.05) is 37.4 Å². The van der Waals surface area contributed by atoms with Gasteiger partial charge in [-0.15, -0.1) is 0 Å². The number of aliphatic hydroxyl groups excluding tert-OH is 1. The molecule has 67 heavy (non-hydrogen) atoms. The lowest BCUT2D eigenvalue weighted by Gasteiger charge is -2.31. The topological polar surface area (TPSA) is 188 Å². The molecule has 1 aliphatic carbocycles. The number of unbranched alkanes of at least 4 members (excludes halogenated alkanes) is 2. The van der Waals surface area contributed by atoms with Gasteiger partial charge >= 0.3 is 12.2 Å². The molecule has 3 atom stereocenters. The molecule has 1 spiro atoms. The highest BCUT2D eigenvalue weighted by atomic mass is 16.6. The molecule has 1 saturated carbocycles. The van der Waals surface area contributed by atoms with Crippen molar-refractivity contribution in [1.82, 2.24) is 24.8 Å². The van der Waals surface area contributed by atoms with Crippen molar-refractivity contribution in [3.63, 3.8) is 0 Å². The molecule has 1 saturated heterocycles. The number of carbonyl (C=O) groups is 4. The normalized spacial score (nSPS) is 19.9. The number of methoxy groups -OCH3 is 2. The maximum absolute atomic E-state index is 14.3. The second-order valence-corrected chi connectivity index (χ2v) is 17.2. The fourth-order valence-electron chi connectivity index (χ4n) is 9.39. The SMILES string of the molecule is C=CCOC(=O)N1C[C@@H]2CC(c3ccc(-n4nccn4)cc3)=CN2C(=O)c2cc(OC)c(OCCCCCOc3cc4c(cc3OC)C(=O)N3CC5(CC5)C[C@H]3C(O)N4C(=O)OCC=C)cc21. The van der Waals surface area contributed by atoms with E-state index < -0.39 is 24.5 Å². The Bertz CT molecular complexity index is 2590. The van der Waals surface area contributed by atoms with Gasteiger partial charge in [0.15, 0.2) is 29.2 Å². The molecule has 3 aromatic carbocycles. The zero-order valence-electron chi connectivity index (χ0n) is 37.5. The summed E-state index contributed by atoms with van der Waals surface area (Å²) in [5.74, 6) is 0.702. The van der Waals surface area contributed by atoms with Crippen molar-refractivity contribution in [3.05, 3.63) is 109 Å². The van der Waals surface area contributed by atoms with Crippen molar-refractivity contribution in [2.24, 2.45) is 5.41 Å². The number of benzene rings is 3. The highest BCUT2D eigenvalue weighted by Gasteiger charge is 2.58. The fraction of sp³-hybridized carbons (Fsp3) is 0.388. The van der Waals surface area contributed by atoms with Crippen LogP contribution >= 0.6 is 0 Å². The average molecular weight is 916 g/mol. The van der Waals surface area contributed by atoms with E-state index in [9.17, 15) is 24.3 Å². The summed E-state index contributed by atoms with van der Waals surface area (Å²) in [5.41, 5.74) is 3.62. The van der Waals surface area contributed by atoms with E-state index in [1.54, 1.807) is 46.5 Å². The number of carbonyl (C=O) groups excluding carboxylic acids is 4. The lowest BCUT2D eigenvalue weighted by Crippen LogP contribution is -2.50. The zero-order valence-corrected chi connectivity index (χ0v) is 37.5. The van der Waals surface area contributed by atoms with Crippen molar-refractivity contribution in [2.75, 3.05) is 63.5 Å². The molecule has 4 amide bonds. The molecular formula is C49H53N7O11. The first-order valence-corrected chi connectivity index (χ1v) is 22.4. The first-order valence-electron chi connectivity index (χ1n) is 22.4. The standard InChI is InChI=1S/C49H53N7O11/c1-5-18-66-47(60)53-29-34-22-32(31-10-12-33(13-11-31)56-50-16-17-51-56)28-52(34)44(57)35-23-40(62-3)42(25-37(35)53)64-20-8-7-9-21-65-43-26-38-36(24-41(43)63-4)45(58)54-30-49(14-15-49)27-39(54)46(59)55(38)48(61)67-19-6-2/h5-6,10-13,16-17,23-26,28,34,39,46,59H,1-2,7-9,14-15,18-22,27,29-30H2,3-4H3/t34-,39-,46?/m0/s1. The molecule has 1 aromatic heterocycles. The molecule has 1 unspecified atom stereocenters. The Kier molecular flexibility index (Phi) is 12.6. The molecule has 5 aliphatic rings. The number of aliphatic hydroxyl groups is 1. The van der Waals surface area contributed by atoms with Crippen LogP contribution < -0.4 is 28.7 Å². The highest BCUT2D eigenvalue weighted by Crippen LogP contribution is 2.57. The number of ether oxygens (including phenoxy) is 6. The van der Waals surface area contributed by atoms with E-state index in [2.05, 4.69) is 23.4 Å². The second kappa shape index (κ2) is 18.9. The Morgan fingerprint density at radius 2 is 1.42 bits per heavy atom. The Hall–Kier alpha value is -7.34. The Morgan fingerprint density at radius 1 is 0.806 bits per heavy atom. The quantitative estimate of drug-likeness (QED) is 0.0918. The summed E-state index contributed by atoms with van der Waals surface area (Å²) in [5, 5.41) is 20.0. The number of hydrogen-bond acceptors (Lipinski definition) is 13. The summed E-state index contributed by atoms with van der Waals surface area (Å²) in [7, 11) is 2.97. The van der Waals surface area contributed by atoms with E-state index in [1.807, 2.05) is 30.5 Å². The maximum atomic E-state index is 14.3. The number of anilines is 2. The number of fused-ring (bicyclic) bond motifs is 4. The number of hydrogen-bond donors (Lipinski definition) is 1. The van der Waals surface area contributed by atoms with Crippen LogP contribution in [0.3, 0.4) is 0 Å². The second-order valence-electron chi connectivity index (χ2n) is 17.2. The lowest BCUT2D eigenvalue weighted by molar-refractivity contribution is 0.0496. The van der Waals surface area contributed by atoms with E-state index in [4.69, 9.17) is 28.4 Å². The largest absolute Gasteiger partial charge is 0.493 e. The van der Waals surface area contributed by atoms with Gasteiger partial charge < -0.3 is 43.3 Å². The van der Waals surface area contributed by atoms with Crippen LogP contribution in [0.1, 0.15) is 71.2 Å². The first kappa shape index (κ1) is 44.8. The molecule has 18 heteroatoms. The molecule has 1 N–H and O–H groups in total. The van der Waals surface area contributed by atoms with Gasteiger partial charge in [0.2, 0.25) is 0 Å². The van der Waals surface area contributed by atoms with Gasteiger partial charge in [0, 0.05) is 24.9 Å². The molecule has 0 radical (unpaired) electrons. The van der Waals surface area contributed by atoms with E-state index in [-0.39, 0.29) is 73.1 Å². The first-order chi connectivity index (χ1) is 32.6. The summed E-state index contributed by atoms with van der Waals surface area (Å²) in [6.07, 6.45) is 10.1. The van der Waals surface area contributed by atoms with Gasteiger partial charge in [-0.25, -0.2) is 14.5 Å². The van der Waals surface area contributed by atoms with E-state index in [1.165, 1.54) is 36.1 Å². The third-order valence-electron chi connectivity index (χ3n) is 13.0. The summed E-state index contributed by atoms with van der Waals surface area (Å²) in [6.45, 7) is 8.44. The van der Waals surface area contributed by atoms with Crippen LogP contribution in [0.4, 0.5) is 21.0 Å². The Balaban J connectivity index is 0.866. The van der Waals surface area contributed by atoms with Gasteiger partial charge in [0.05, 0.1) is 86.6 Å². The smallest absolute Gasteiger partial charge is 0.416 e. The minimum atomic E-state index is -1.33. The van der Waals surface area contributed by atoms with Gasteiger partial charge in [0.1, 0.15) is 13.2 Å². The van der Waals surface area contributed by atoms with Crippen molar-refractivity contribution in [1.29, 1.82) is 0 Å². The molecule has 2 fully saturated rings. The molecule has 5 heterocycles. The Morgan fingerprint density at radius 3 is 2.03 bits per heavy atom.